The molecule has 0 bridgehead atoms. The zero-order valence-corrected chi connectivity index (χ0v) is 15.3. The van der Waals surface area contributed by atoms with Crippen molar-refractivity contribution in [3.63, 3.8) is 0 Å². The molecule has 0 spiro atoms. The van der Waals surface area contributed by atoms with Crippen molar-refractivity contribution in [1.29, 1.82) is 0 Å². The number of esters is 1. The summed E-state index contributed by atoms with van der Waals surface area (Å²) < 4.78 is 9.71. The number of benzene rings is 2. The van der Waals surface area contributed by atoms with Gasteiger partial charge in [-0.3, -0.25) is 15.4 Å². The highest BCUT2D eigenvalue weighted by molar-refractivity contribution is 5.97. The minimum absolute atomic E-state index is 0.00752. The van der Waals surface area contributed by atoms with Crippen LogP contribution >= 0.6 is 0 Å². The molecule has 146 valence electrons. The molecular weight excluding hydrogens is 366 g/mol. The normalized spacial score (nSPS) is 10.9. The molecule has 1 amide bonds. The van der Waals surface area contributed by atoms with Crippen LogP contribution in [-0.4, -0.2) is 24.1 Å². The number of nitrogens with zero attached hydrogens (tertiary/aromatic N) is 1. The molecule has 0 aliphatic carbocycles. The van der Waals surface area contributed by atoms with Gasteiger partial charge in [0, 0.05) is 6.07 Å². The Hall–Kier alpha value is -3.88. The summed E-state index contributed by atoms with van der Waals surface area (Å²) in [7, 11) is 1.14. The Morgan fingerprint density at radius 1 is 1.25 bits per heavy atom. The first-order valence-corrected chi connectivity index (χ1v) is 8.14. The molecule has 0 fully saturated rings. The lowest BCUT2D eigenvalue weighted by atomic mass is 10.1. The third-order valence-corrected chi connectivity index (χ3v) is 3.75. The summed E-state index contributed by atoms with van der Waals surface area (Å²) in [6, 6.07) is 11.7. The highest BCUT2D eigenvalue weighted by atomic mass is 16.6. The molecule has 28 heavy (non-hydrogen) atoms. The van der Waals surface area contributed by atoms with Gasteiger partial charge in [-0.05, 0) is 35.8 Å². The van der Waals surface area contributed by atoms with Gasteiger partial charge in [0.2, 0.25) is 0 Å². The van der Waals surface area contributed by atoms with Crippen LogP contribution in [0.3, 0.4) is 0 Å². The standard InChI is InChI=1S/C19H19N3O6/c1-12-8-14(10-16(17(12)20)22(25)26)9-15(18(23)27-2)21-19(24)28-11-13-6-4-3-5-7-13/h3-10H,11,20H2,1-2H3,(H,21,24)/b15-9-. The maximum Gasteiger partial charge on any atom is 0.412 e. The number of alkyl carbamates (subject to hydrolysis) is 1. The van der Waals surface area contributed by atoms with Crippen molar-refractivity contribution in [1.82, 2.24) is 5.32 Å². The lowest BCUT2D eigenvalue weighted by molar-refractivity contribution is -0.383. The maximum absolute atomic E-state index is 12.0. The molecule has 2 rings (SSSR count). The fourth-order valence-corrected chi connectivity index (χ4v) is 2.33. The first kappa shape index (κ1) is 20.4. The van der Waals surface area contributed by atoms with E-state index in [0.29, 0.717) is 11.1 Å². The van der Waals surface area contributed by atoms with Gasteiger partial charge < -0.3 is 15.2 Å². The summed E-state index contributed by atoms with van der Waals surface area (Å²) in [6.07, 6.45) is 0.372. The van der Waals surface area contributed by atoms with Gasteiger partial charge in [0.15, 0.2) is 0 Å². The van der Waals surface area contributed by atoms with Crippen molar-refractivity contribution < 1.29 is 24.0 Å². The molecule has 0 aliphatic rings. The number of carbonyl (C=O) groups is 2. The number of nitrogens with one attached hydrogen (secondary N) is 1. The molecule has 0 aromatic heterocycles. The number of ether oxygens (including phenoxy) is 2. The van der Waals surface area contributed by atoms with E-state index in [-0.39, 0.29) is 23.7 Å². The number of methoxy groups -OCH3 is 1. The molecule has 2 aromatic carbocycles. The van der Waals surface area contributed by atoms with Crippen molar-refractivity contribution in [2.75, 3.05) is 12.8 Å². The summed E-state index contributed by atoms with van der Waals surface area (Å²) in [6.45, 7) is 1.60. The van der Waals surface area contributed by atoms with Crippen LogP contribution in [0.25, 0.3) is 6.08 Å². The fraction of sp³-hybridized carbons (Fsp3) is 0.158. The van der Waals surface area contributed by atoms with Crippen LogP contribution in [0.4, 0.5) is 16.2 Å². The number of aryl methyl sites for hydroxylation is 1. The van der Waals surface area contributed by atoms with Crippen molar-refractivity contribution in [2.24, 2.45) is 0 Å². The van der Waals surface area contributed by atoms with Crippen molar-refractivity contribution in [3.8, 4) is 0 Å². The number of nitrogen functional groups attached to an aromatic ring is 1. The van der Waals surface area contributed by atoms with Crippen molar-refractivity contribution in [2.45, 2.75) is 13.5 Å². The van der Waals surface area contributed by atoms with Gasteiger partial charge in [0.1, 0.15) is 18.0 Å². The predicted octanol–water partition coefficient (Wildman–Crippen LogP) is 2.93. The molecule has 0 saturated heterocycles. The molecule has 9 nitrogen and oxygen atoms in total. The number of nitrogens with two attached hydrogens (primary N) is 1. The average molecular weight is 385 g/mol. The minimum Gasteiger partial charge on any atom is -0.464 e. The predicted molar refractivity (Wildman–Crippen MR) is 102 cm³/mol. The van der Waals surface area contributed by atoms with Crippen LogP contribution in [0.2, 0.25) is 0 Å². The van der Waals surface area contributed by atoms with E-state index in [4.69, 9.17) is 10.5 Å². The summed E-state index contributed by atoms with van der Waals surface area (Å²) >= 11 is 0. The summed E-state index contributed by atoms with van der Waals surface area (Å²) in [4.78, 5) is 34.5. The van der Waals surface area contributed by atoms with E-state index in [0.717, 1.165) is 12.7 Å². The molecule has 0 radical (unpaired) electrons. The van der Waals surface area contributed by atoms with Gasteiger partial charge in [0.05, 0.1) is 12.0 Å². The quantitative estimate of drug-likeness (QED) is 0.257. The molecule has 0 heterocycles. The van der Waals surface area contributed by atoms with Crippen LogP contribution in [0.15, 0.2) is 48.2 Å². The molecule has 0 saturated carbocycles. The number of rotatable bonds is 6. The molecule has 0 aliphatic heterocycles. The largest absolute Gasteiger partial charge is 0.464 e. The first-order valence-electron chi connectivity index (χ1n) is 8.14. The molecule has 0 unspecified atom stereocenters. The monoisotopic (exact) mass is 385 g/mol. The second-order valence-electron chi connectivity index (χ2n) is 5.76. The van der Waals surface area contributed by atoms with E-state index in [9.17, 15) is 19.7 Å². The minimum atomic E-state index is -0.873. The number of hydrogen-bond donors (Lipinski definition) is 2. The smallest absolute Gasteiger partial charge is 0.412 e. The summed E-state index contributed by atoms with van der Waals surface area (Å²) in [5, 5.41) is 13.4. The molecule has 2 aromatic rings. The fourth-order valence-electron chi connectivity index (χ4n) is 2.33. The first-order chi connectivity index (χ1) is 13.3. The Bertz CT molecular complexity index is 925. The van der Waals surface area contributed by atoms with Crippen LogP contribution in [0.5, 0.6) is 0 Å². The average Bonchev–Trinajstić information content (AvgIpc) is 2.68. The number of amides is 1. The van der Waals surface area contributed by atoms with E-state index in [1.807, 2.05) is 6.07 Å². The van der Waals surface area contributed by atoms with Gasteiger partial charge in [0.25, 0.3) is 5.69 Å². The molecule has 0 atom stereocenters. The topological polar surface area (TPSA) is 134 Å². The van der Waals surface area contributed by atoms with Crippen molar-refractivity contribution in [3.05, 3.63) is 75.0 Å². The SMILES string of the molecule is COC(=O)/C(=C/c1cc(C)c(N)c([N+](=O)[O-])c1)NC(=O)OCc1ccccc1. The van der Waals surface area contributed by atoms with Gasteiger partial charge in [-0.2, -0.15) is 0 Å². The third kappa shape index (κ3) is 5.31. The Morgan fingerprint density at radius 3 is 2.54 bits per heavy atom. The number of hydrogen-bond acceptors (Lipinski definition) is 7. The molecule has 3 N–H and O–H groups in total. The van der Waals surface area contributed by atoms with Crippen LogP contribution in [0, 0.1) is 17.0 Å². The van der Waals surface area contributed by atoms with Gasteiger partial charge in [-0.25, -0.2) is 9.59 Å². The Morgan fingerprint density at radius 2 is 1.93 bits per heavy atom. The van der Waals surface area contributed by atoms with Crippen LogP contribution in [0.1, 0.15) is 16.7 Å². The maximum atomic E-state index is 12.0. The number of nitro groups is 1. The van der Waals surface area contributed by atoms with Crippen molar-refractivity contribution >= 4 is 29.5 Å². The highest BCUT2D eigenvalue weighted by Crippen LogP contribution is 2.27. The Labute approximate surface area is 160 Å². The number of anilines is 1. The van der Waals surface area contributed by atoms with E-state index in [1.54, 1.807) is 37.3 Å². The van der Waals surface area contributed by atoms with Crippen LogP contribution in [-0.2, 0) is 20.9 Å². The van der Waals surface area contributed by atoms with Gasteiger partial charge in [-0.1, -0.05) is 30.3 Å². The van der Waals surface area contributed by atoms with Gasteiger partial charge in [-0.15, -0.1) is 0 Å². The van der Waals surface area contributed by atoms with Crippen LogP contribution < -0.4 is 11.1 Å². The Kier molecular flexibility index (Phi) is 6.69. The number of carbonyl (C=O) groups excluding carboxylic acids is 2. The third-order valence-electron chi connectivity index (χ3n) is 3.75. The van der Waals surface area contributed by atoms with E-state index >= 15 is 0 Å². The number of nitro benzene ring substituents is 1. The summed E-state index contributed by atoms with van der Waals surface area (Å²) in [5.74, 6) is -0.839. The van der Waals surface area contributed by atoms with E-state index < -0.39 is 17.0 Å². The lowest BCUT2D eigenvalue weighted by Crippen LogP contribution is -2.28. The van der Waals surface area contributed by atoms with E-state index in [2.05, 4.69) is 10.1 Å². The molecule has 9 heteroatoms. The highest BCUT2D eigenvalue weighted by Gasteiger charge is 2.18. The summed E-state index contributed by atoms with van der Waals surface area (Å²) in [5.41, 5.74) is 6.70. The van der Waals surface area contributed by atoms with Gasteiger partial charge >= 0.3 is 12.1 Å². The van der Waals surface area contributed by atoms with E-state index in [1.165, 1.54) is 12.1 Å². The Balaban J connectivity index is 2.22. The zero-order chi connectivity index (χ0) is 20.7. The molecular formula is C19H19N3O6. The lowest BCUT2D eigenvalue weighted by Gasteiger charge is -2.10. The second-order valence-corrected chi connectivity index (χ2v) is 5.76. The zero-order valence-electron chi connectivity index (χ0n) is 15.3. The second kappa shape index (κ2) is 9.17.